The van der Waals surface area contributed by atoms with E-state index >= 15 is 0 Å². The van der Waals surface area contributed by atoms with E-state index in [0.29, 0.717) is 11.3 Å². The van der Waals surface area contributed by atoms with Crippen LogP contribution in [0.25, 0.3) is 16.6 Å². The SMILES string of the molecule is CCOC(=O)c1cnn(-c2ccc3c(c2)c(C#N)cn3C(C)C)n1. The van der Waals surface area contributed by atoms with Crippen LogP contribution in [0.15, 0.2) is 30.6 Å². The maximum atomic E-state index is 11.7. The number of hydrogen-bond donors (Lipinski definition) is 0. The summed E-state index contributed by atoms with van der Waals surface area (Å²) in [6, 6.07) is 8.10. The van der Waals surface area contributed by atoms with Crippen molar-refractivity contribution in [2.24, 2.45) is 0 Å². The van der Waals surface area contributed by atoms with Crippen molar-refractivity contribution >= 4 is 16.9 Å². The summed E-state index contributed by atoms with van der Waals surface area (Å²) in [5.74, 6) is -0.506. The van der Waals surface area contributed by atoms with Crippen LogP contribution < -0.4 is 0 Å². The Labute approximate surface area is 139 Å². The number of benzene rings is 1. The predicted molar refractivity (Wildman–Crippen MR) is 87.9 cm³/mol. The third-order valence-corrected chi connectivity index (χ3v) is 3.70. The molecule has 0 atom stereocenters. The summed E-state index contributed by atoms with van der Waals surface area (Å²) in [5, 5.41) is 18.5. The van der Waals surface area contributed by atoms with Crippen molar-refractivity contribution in [1.29, 1.82) is 5.26 Å². The molecule has 2 heterocycles. The van der Waals surface area contributed by atoms with Gasteiger partial charge in [0.25, 0.3) is 0 Å². The van der Waals surface area contributed by atoms with E-state index in [0.717, 1.165) is 10.9 Å². The van der Waals surface area contributed by atoms with E-state index < -0.39 is 5.97 Å². The monoisotopic (exact) mass is 323 g/mol. The molecule has 0 saturated heterocycles. The number of hydrogen-bond acceptors (Lipinski definition) is 5. The lowest BCUT2D eigenvalue weighted by Crippen LogP contribution is -2.07. The molecule has 0 saturated carbocycles. The normalized spacial score (nSPS) is 11.0. The Balaban J connectivity index is 2.06. The van der Waals surface area contributed by atoms with Gasteiger partial charge in [0.15, 0.2) is 5.69 Å². The Kier molecular flexibility index (Phi) is 4.04. The molecule has 3 rings (SSSR count). The molecule has 1 aromatic carbocycles. The van der Waals surface area contributed by atoms with E-state index in [1.54, 1.807) is 6.92 Å². The predicted octanol–water partition coefficient (Wildman–Crippen LogP) is 2.85. The summed E-state index contributed by atoms with van der Waals surface area (Å²) in [4.78, 5) is 13.1. The molecule has 0 N–H and O–H groups in total. The average Bonchev–Trinajstić information content (AvgIpc) is 3.19. The highest BCUT2D eigenvalue weighted by Gasteiger charge is 2.15. The first kappa shape index (κ1) is 15.7. The lowest BCUT2D eigenvalue weighted by molar-refractivity contribution is 0.0519. The van der Waals surface area contributed by atoms with Gasteiger partial charge in [-0.3, -0.25) is 0 Å². The molecule has 0 fully saturated rings. The number of nitrogens with zero attached hydrogens (tertiary/aromatic N) is 5. The maximum absolute atomic E-state index is 11.7. The Hall–Kier alpha value is -3.14. The summed E-state index contributed by atoms with van der Waals surface area (Å²) in [6.07, 6.45) is 3.21. The number of nitriles is 1. The van der Waals surface area contributed by atoms with Gasteiger partial charge in [0.2, 0.25) is 0 Å². The van der Waals surface area contributed by atoms with Crippen molar-refractivity contribution < 1.29 is 9.53 Å². The number of rotatable bonds is 4. The minimum atomic E-state index is -0.506. The van der Waals surface area contributed by atoms with Gasteiger partial charge in [-0.2, -0.15) is 15.2 Å². The fourth-order valence-electron chi connectivity index (χ4n) is 2.57. The zero-order chi connectivity index (χ0) is 17.3. The number of fused-ring (bicyclic) bond motifs is 1. The van der Waals surface area contributed by atoms with E-state index in [1.165, 1.54) is 11.0 Å². The molecule has 24 heavy (non-hydrogen) atoms. The first-order valence-electron chi connectivity index (χ1n) is 7.69. The van der Waals surface area contributed by atoms with E-state index in [9.17, 15) is 10.1 Å². The first-order chi connectivity index (χ1) is 11.5. The molecular formula is C17H17N5O2. The van der Waals surface area contributed by atoms with E-state index in [4.69, 9.17) is 4.74 Å². The lowest BCUT2D eigenvalue weighted by Gasteiger charge is -2.09. The van der Waals surface area contributed by atoms with Crippen LogP contribution in [0.4, 0.5) is 0 Å². The van der Waals surface area contributed by atoms with Gasteiger partial charge in [-0.05, 0) is 39.0 Å². The third-order valence-electron chi connectivity index (χ3n) is 3.70. The maximum Gasteiger partial charge on any atom is 0.360 e. The smallest absolute Gasteiger partial charge is 0.360 e. The van der Waals surface area contributed by atoms with E-state index in [1.807, 2.05) is 24.4 Å². The van der Waals surface area contributed by atoms with E-state index in [-0.39, 0.29) is 18.3 Å². The zero-order valence-corrected chi connectivity index (χ0v) is 13.7. The molecule has 3 aromatic rings. The van der Waals surface area contributed by atoms with Crippen LogP contribution >= 0.6 is 0 Å². The van der Waals surface area contributed by atoms with Gasteiger partial charge in [-0.15, -0.1) is 5.10 Å². The van der Waals surface area contributed by atoms with Gasteiger partial charge in [0, 0.05) is 23.1 Å². The number of carbonyl (C=O) groups is 1. The van der Waals surface area contributed by atoms with Crippen LogP contribution in [0.3, 0.4) is 0 Å². The molecule has 0 aliphatic carbocycles. The zero-order valence-electron chi connectivity index (χ0n) is 13.7. The summed E-state index contributed by atoms with van der Waals surface area (Å²) < 4.78 is 6.97. The first-order valence-corrected chi connectivity index (χ1v) is 7.69. The van der Waals surface area contributed by atoms with E-state index in [2.05, 4.69) is 34.7 Å². The molecule has 7 nitrogen and oxygen atoms in total. The fraction of sp³-hybridized carbons (Fsp3) is 0.294. The second-order valence-corrected chi connectivity index (χ2v) is 5.60. The molecular weight excluding hydrogens is 306 g/mol. The Morgan fingerprint density at radius 2 is 2.21 bits per heavy atom. The minimum Gasteiger partial charge on any atom is -0.461 e. The van der Waals surface area contributed by atoms with Crippen LogP contribution in [-0.4, -0.2) is 32.1 Å². The highest BCUT2D eigenvalue weighted by Crippen LogP contribution is 2.26. The van der Waals surface area contributed by atoms with Crippen molar-refractivity contribution in [3.8, 4) is 11.8 Å². The molecule has 0 unspecified atom stereocenters. The Morgan fingerprint density at radius 1 is 1.42 bits per heavy atom. The van der Waals surface area contributed by atoms with Crippen molar-refractivity contribution in [2.45, 2.75) is 26.8 Å². The Bertz CT molecular complexity index is 946. The van der Waals surface area contributed by atoms with Crippen molar-refractivity contribution in [1.82, 2.24) is 19.6 Å². The van der Waals surface area contributed by atoms with Gasteiger partial charge in [-0.25, -0.2) is 4.79 Å². The topological polar surface area (TPSA) is 85.7 Å². The standard InChI is InChI=1S/C17H17N5O2/c1-4-24-17(23)15-9-19-22(20-15)13-5-6-16-14(7-13)12(8-18)10-21(16)11(2)3/h5-7,9-11H,4H2,1-3H3. The van der Waals surface area contributed by atoms with Gasteiger partial charge in [-0.1, -0.05) is 0 Å². The van der Waals surface area contributed by atoms with Gasteiger partial charge in [0.1, 0.15) is 6.07 Å². The summed E-state index contributed by atoms with van der Waals surface area (Å²) in [7, 11) is 0. The second kappa shape index (κ2) is 6.16. The molecule has 0 aliphatic rings. The average molecular weight is 323 g/mol. The summed E-state index contributed by atoms with van der Waals surface area (Å²) in [6.45, 7) is 6.15. The van der Waals surface area contributed by atoms with Crippen LogP contribution in [-0.2, 0) is 4.74 Å². The number of carbonyl (C=O) groups excluding carboxylic acids is 1. The van der Waals surface area contributed by atoms with Crippen LogP contribution in [0, 0.1) is 11.3 Å². The minimum absolute atomic E-state index is 0.150. The molecule has 0 aliphatic heterocycles. The fourth-order valence-corrected chi connectivity index (χ4v) is 2.57. The molecule has 0 spiro atoms. The molecule has 0 radical (unpaired) electrons. The largest absolute Gasteiger partial charge is 0.461 e. The molecule has 0 bridgehead atoms. The summed E-state index contributed by atoms with van der Waals surface area (Å²) >= 11 is 0. The molecule has 7 heteroatoms. The van der Waals surface area contributed by atoms with Crippen molar-refractivity contribution in [2.75, 3.05) is 6.61 Å². The van der Waals surface area contributed by atoms with Crippen molar-refractivity contribution in [3.63, 3.8) is 0 Å². The third kappa shape index (κ3) is 2.63. The molecule has 0 amide bonds. The quantitative estimate of drug-likeness (QED) is 0.689. The Morgan fingerprint density at radius 3 is 2.88 bits per heavy atom. The van der Waals surface area contributed by atoms with Gasteiger partial charge >= 0.3 is 5.97 Å². The van der Waals surface area contributed by atoms with Crippen LogP contribution in [0.2, 0.25) is 0 Å². The summed E-state index contributed by atoms with van der Waals surface area (Å²) in [5.41, 5.74) is 2.40. The van der Waals surface area contributed by atoms with Gasteiger partial charge < -0.3 is 9.30 Å². The molecule has 2 aromatic heterocycles. The second-order valence-electron chi connectivity index (χ2n) is 5.60. The van der Waals surface area contributed by atoms with Crippen LogP contribution in [0.1, 0.15) is 42.9 Å². The van der Waals surface area contributed by atoms with Gasteiger partial charge in [0.05, 0.1) is 24.1 Å². The highest BCUT2D eigenvalue weighted by atomic mass is 16.5. The highest BCUT2D eigenvalue weighted by molar-refractivity contribution is 5.88. The number of esters is 1. The molecule has 122 valence electrons. The lowest BCUT2D eigenvalue weighted by atomic mass is 10.1. The van der Waals surface area contributed by atoms with Crippen LogP contribution in [0.5, 0.6) is 0 Å². The van der Waals surface area contributed by atoms with Crippen molar-refractivity contribution in [3.05, 3.63) is 41.9 Å². The number of aromatic nitrogens is 4. The number of ether oxygens (including phenoxy) is 1.